The van der Waals surface area contributed by atoms with Gasteiger partial charge in [-0.3, -0.25) is 24.6 Å². The van der Waals surface area contributed by atoms with Crippen LogP contribution in [0.15, 0.2) is 36.4 Å². The number of anilines is 1. The number of nitrogens with one attached hydrogen (secondary N) is 1. The maximum absolute atomic E-state index is 12.4. The van der Waals surface area contributed by atoms with Gasteiger partial charge in [-0.05, 0) is 30.2 Å². The molecule has 10 nitrogen and oxygen atoms in total. The van der Waals surface area contributed by atoms with Crippen molar-refractivity contribution in [2.45, 2.75) is 6.42 Å². The van der Waals surface area contributed by atoms with Crippen LogP contribution in [0.5, 0.6) is 17.2 Å². The molecule has 0 bridgehead atoms. The molecule has 2 aromatic carbocycles. The molecular weight excluding hydrogens is 394 g/mol. The highest BCUT2D eigenvalue weighted by molar-refractivity contribution is 6.02. The van der Waals surface area contributed by atoms with E-state index in [4.69, 9.17) is 14.2 Å². The Balaban J connectivity index is 1.62. The molecule has 158 valence electrons. The maximum atomic E-state index is 12.4. The Labute approximate surface area is 172 Å². The lowest BCUT2D eigenvalue weighted by molar-refractivity contribution is -0.384. The number of nitrogens with zero attached hydrogens (tertiary/aromatic N) is 2. The summed E-state index contributed by atoms with van der Waals surface area (Å²) < 4.78 is 15.8. The van der Waals surface area contributed by atoms with Crippen molar-refractivity contribution < 1.29 is 28.7 Å². The number of carbonyl (C=O) groups excluding carboxylic acids is 2. The predicted octanol–water partition coefficient (Wildman–Crippen LogP) is 1.70. The Hall–Kier alpha value is -3.82. The van der Waals surface area contributed by atoms with Crippen LogP contribution in [0.3, 0.4) is 0 Å². The van der Waals surface area contributed by atoms with Crippen LogP contribution in [0.1, 0.15) is 5.56 Å². The van der Waals surface area contributed by atoms with Crippen LogP contribution >= 0.6 is 0 Å². The fourth-order valence-electron chi connectivity index (χ4n) is 3.06. The first-order chi connectivity index (χ1) is 14.4. The number of carbonyl (C=O) groups is 2. The Bertz CT molecular complexity index is 977. The third-order valence-electron chi connectivity index (χ3n) is 4.58. The second-order valence-electron chi connectivity index (χ2n) is 6.47. The fraction of sp³-hybridized carbons (Fsp3) is 0.300. The number of nitro benzene ring substituents is 1. The molecule has 0 aliphatic carbocycles. The van der Waals surface area contributed by atoms with Gasteiger partial charge in [0.15, 0.2) is 18.1 Å². The molecule has 2 aromatic rings. The minimum Gasteiger partial charge on any atom is -0.493 e. The molecule has 30 heavy (non-hydrogen) atoms. The van der Waals surface area contributed by atoms with E-state index in [1.807, 2.05) is 12.1 Å². The number of nitro groups is 1. The standard InChI is InChI=1S/C20H21N3O7/c1-28-17-5-3-13(9-18(17)29-2)7-8-21-19(24)11-22-15-10-14(23(26)27)4-6-16(15)30-12-20(22)25/h3-6,9-10H,7-8,11-12H2,1-2H3,(H,21,24). The number of amides is 2. The average molecular weight is 415 g/mol. The molecule has 10 heteroatoms. The van der Waals surface area contributed by atoms with Gasteiger partial charge in [0.2, 0.25) is 5.91 Å². The Morgan fingerprint density at radius 3 is 2.67 bits per heavy atom. The molecule has 0 atom stereocenters. The molecule has 2 amide bonds. The summed E-state index contributed by atoms with van der Waals surface area (Å²) in [7, 11) is 3.10. The van der Waals surface area contributed by atoms with Gasteiger partial charge in [0.1, 0.15) is 12.3 Å². The van der Waals surface area contributed by atoms with Gasteiger partial charge in [-0.1, -0.05) is 6.07 Å². The molecule has 1 aliphatic heterocycles. The molecule has 0 saturated heterocycles. The van der Waals surface area contributed by atoms with Crippen LogP contribution in [0, 0.1) is 10.1 Å². The summed E-state index contributed by atoms with van der Waals surface area (Å²) in [5.41, 5.74) is 0.956. The number of benzene rings is 2. The number of ether oxygens (including phenoxy) is 3. The van der Waals surface area contributed by atoms with Crippen molar-refractivity contribution in [1.29, 1.82) is 0 Å². The lowest BCUT2D eigenvalue weighted by Gasteiger charge is -2.28. The van der Waals surface area contributed by atoms with Crippen molar-refractivity contribution in [3.8, 4) is 17.2 Å². The summed E-state index contributed by atoms with van der Waals surface area (Å²) in [4.78, 5) is 36.2. The average Bonchev–Trinajstić information content (AvgIpc) is 2.75. The summed E-state index contributed by atoms with van der Waals surface area (Å²) in [5.74, 6) is 0.696. The number of fused-ring (bicyclic) bond motifs is 1. The summed E-state index contributed by atoms with van der Waals surface area (Å²) in [6.07, 6.45) is 0.547. The van der Waals surface area contributed by atoms with Gasteiger partial charge in [-0.2, -0.15) is 0 Å². The van der Waals surface area contributed by atoms with Crippen molar-refractivity contribution in [3.63, 3.8) is 0 Å². The van der Waals surface area contributed by atoms with E-state index in [0.29, 0.717) is 30.2 Å². The van der Waals surface area contributed by atoms with Crippen molar-refractivity contribution in [3.05, 3.63) is 52.1 Å². The number of rotatable bonds is 8. The Morgan fingerprint density at radius 1 is 1.20 bits per heavy atom. The number of hydrogen-bond acceptors (Lipinski definition) is 7. The van der Waals surface area contributed by atoms with Crippen LogP contribution in [0.25, 0.3) is 0 Å². The fourth-order valence-corrected chi connectivity index (χ4v) is 3.06. The number of hydrogen-bond donors (Lipinski definition) is 1. The van der Waals surface area contributed by atoms with Crippen LogP contribution < -0.4 is 24.4 Å². The normalized spacial score (nSPS) is 12.6. The molecule has 0 unspecified atom stereocenters. The molecule has 0 fully saturated rings. The third-order valence-corrected chi connectivity index (χ3v) is 4.58. The van der Waals surface area contributed by atoms with Gasteiger partial charge in [-0.25, -0.2) is 0 Å². The van der Waals surface area contributed by atoms with Gasteiger partial charge >= 0.3 is 0 Å². The molecule has 0 spiro atoms. The van der Waals surface area contributed by atoms with Crippen molar-refractivity contribution in [2.24, 2.45) is 0 Å². The van der Waals surface area contributed by atoms with Gasteiger partial charge in [0.05, 0.1) is 24.8 Å². The van der Waals surface area contributed by atoms with Crippen LogP contribution in [0.2, 0.25) is 0 Å². The second kappa shape index (κ2) is 9.12. The van der Waals surface area contributed by atoms with Gasteiger partial charge in [-0.15, -0.1) is 0 Å². The first-order valence-electron chi connectivity index (χ1n) is 9.12. The van der Waals surface area contributed by atoms with Gasteiger partial charge in [0, 0.05) is 18.7 Å². The molecular formula is C20H21N3O7. The SMILES string of the molecule is COc1ccc(CCNC(=O)CN2C(=O)COc3ccc([N+](=O)[O-])cc32)cc1OC. The topological polar surface area (TPSA) is 120 Å². The maximum Gasteiger partial charge on any atom is 0.271 e. The zero-order chi connectivity index (χ0) is 21.7. The van der Waals surface area contributed by atoms with E-state index < -0.39 is 10.8 Å². The first-order valence-corrected chi connectivity index (χ1v) is 9.12. The van der Waals surface area contributed by atoms with Gasteiger partial charge in [0.25, 0.3) is 11.6 Å². The largest absolute Gasteiger partial charge is 0.493 e. The Kier molecular flexibility index (Phi) is 6.35. The zero-order valence-electron chi connectivity index (χ0n) is 16.5. The third kappa shape index (κ3) is 4.59. The van der Waals surface area contributed by atoms with E-state index in [1.54, 1.807) is 20.3 Å². The lowest BCUT2D eigenvalue weighted by atomic mass is 10.1. The smallest absolute Gasteiger partial charge is 0.271 e. The summed E-state index contributed by atoms with van der Waals surface area (Å²) in [6, 6.07) is 9.41. The van der Waals surface area contributed by atoms with E-state index in [2.05, 4.69) is 5.32 Å². The van der Waals surface area contributed by atoms with Crippen molar-refractivity contribution in [2.75, 3.05) is 38.8 Å². The van der Waals surface area contributed by atoms with E-state index in [0.717, 1.165) is 5.56 Å². The quantitative estimate of drug-likeness (QED) is 0.515. The Morgan fingerprint density at radius 2 is 1.97 bits per heavy atom. The highest BCUT2D eigenvalue weighted by Crippen LogP contribution is 2.35. The van der Waals surface area contributed by atoms with Crippen molar-refractivity contribution >= 4 is 23.2 Å². The number of methoxy groups -OCH3 is 2. The minimum atomic E-state index is -0.569. The van der Waals surface area contributed by atoms with Crippen molar-refractivity contribution in [1.82, 2.24) is 5.32 Å². The van der Waals surface area contributed by atoms with E-state index in [1.165, 1.54) is 23.1 Å². The van der Waals surface area contributed by atoms with Crippen LogP contribution in [-0.2, 0) is 16.0 Å². The summed E-state index contributed by atoms with van der Waals surface area (Å²) in [5, 5.41) is 13.8. The molecule has 3 rings (SSSR count). The molecule has 0 radical (unpaired) electrons. The van der Waals surface area contributed by atoms with E-state index in [-0.39, 0.29) is 30.4 Å². The van der Waals surface area contributed by atoms with Crippen LogP contribution in [-0.4, -0.2) is 50.7 Å². The summed E-state index contributed by atoms with van der Waals surface area (Å²) >= 11 is 0. The second-order valence-corrected chi connectivity index (χ2v) is 6.47. The van der Waals surface area contributed by atoms with Gasteiger partial charge < -0.3 is 19.5 Å². The predicted molar refractivity (Wildman–Crippen MR) is 107 cm³/mol. The highest BCUT2D eigenvalue weighted by Gasteiger charge is 2.29. The van der Waals surface area contributed by atoms with Crippen LogP contribution in [0.4, 0.5) is 11.4 Å². The highest BCUT2D eigenvalue weighted by atomic mass is 16.6. The monoisotopic (exact) mass is 415 g/mol. The van der Waals surface area contributed by atoms with E-state index >= 15 is 0 Å². The first kappa shape index (κ1) is 20.9. The summed E-state index contributed by atoms with van der Waals surface area (Å²) in [6.45, 7) is -0.152. The van der Waals surface area contributed by atoms with E-state index in [9.17, 15) is 19.7 Å². The molecule has 1 heterocycles. The zero-order valence-corrected chi connectivity index (χ0v) is 16.5. The molecule has 1 aliphatic rings. The number of non-ortho nitro benzene ring substituents is 1. The minimum absolute atomic E-state index is 0.189. The molecule has 0 aromatic heterocycles. The molecule has 1 N–H and O–H groups in total. The lowest BCUT2D eigenvalue weighted by Crippen LogP contribution is -2.45. The molecule has 0 saturated carbocycles.